The zero-order valence-corrected chi connectivity index (χ0v) is 8.60. The van der Waals surface area contributed by atoms with Crippen molar-refractivity contribution in [1.82, 2.24) is 20.2 Å². The van der Waals surface area contributed by atoms with Gasteiger partial charge >= 0.3 is 0 Å². The summed E-state index contributed by atoms with van der Waals surface area (Å²) in [4.78, 5) is 0. The molecule has 0 aliphatic rings. The minimum absolute atomic E-state index is 0.00306. The molecule has 0 radical (unpaired) electrons. The zero-order chi connectivity index (χ0) is 10.4. The van der Waals surface area contributed by atoms with E-state index in [9.17, 15) is 0 Å². The van der Waals surface area contributed by atoms with Crippen LogP contribution in [0.3, 0.4) is 0 Å². The molecule has 1 atom stereocenters. The molecule has 0 aliphatic heterocycles. The smallest absolute Gasteiger partial charge is 0.242 e. The molecule has 80 valence electrons. The van der Waals surface area contributed by atoms with Gasteiger partial charge in [0.15, 0.2) is 0 Å². The number of nitrogens with one attached hydrogen (secondary N) is 1. The lowest BCUT2D eigenvalue weighted by Crippen LogP contribution is -2.27. The Bertz CT molecular complexity index is 264. The van der Waals surface area contributed by atoms with Gasteiger partial charge in [-0.1, -0.05) is 5.10 Å². The highest BCUT2D eigenvalue weighted by Gasteiger charge is 2.08. The average molecular weight is 201 g/mol. The number of hydrogen-bond acceptors (Lipinski definition) is 6. The van der Waals surface area contributed by atoms with E-state index >= 15 is 0 Å². The number of rotatable bonds is 6. The number of anilines is 1. The minimum atomic E-state index is -0.00306. The van der Waals surface area contributed by atoms with Crippen molar-refractivity contribution in [3.05, 3.63) is 0 Å². The van der Waals surface area contributed by atoms with E-state index in [1.807, 2.05) is 0 Å². The first-order chi connectivity index (χ1) is 6.77. The van der Waals surface area contributed by atoms with Crippen molar-refractivity contribution in [3.63, 3.8) is 0 Å². The molecule has 0 bridgehead atoms. The molecule has 0 aromatic carbocycles. The quantitative estimate of drug-likeness (QED) is 0.655. The van der Waals surface area contributed by atoms with Gasteiger partial charge in [0, 0.05) is 27.8 Å². The van der Waals surface area contributed by atoms with E-state index in [-0.39, 0.29) is 6.10 Å². The van der Waals surface area contributed by atoms with Crippen LogP contribution in [-0.2, 0) is 16.5 Å². The van der Waals surface area contributed by atoms with Crippen molar-refractivity contribution in [2.24, 2.45) is 7.05 Å². The SMILES string of the molecule is COCC(CNc1nnnn1C)OC. The zero-order valence-electron chi connectivity index (χ0n) is 8.60. The Morgan fingerprint density at radius 3 is 2.79 bits per heavy atom. The van der Waals surface area contributed by atoms with E-state index in [1.54, 1.807) is 25.9 Å². The molecule has 1 aromatic heterocycles. The second-order valence-corrected chi connectivity index (χ2v) is 2.82. The van der Waals surface area contributed by atoms with Crippen LogP contribution in [-0.4, -0.2) is 53.7 Å². The lowest BCUT2D eigenvalue weighted by atomic mass is 10.4. The fourth-order valence-electron chi connectivity index (χ4n) is 0.981. The second-order valence-electron chi connectivity index (χ2n) is 2.82. The highest BCUT2D eigenvalue weighted by atomic mass is 16.5. The van der Waals surface area contributed by atoms with Crippen LogP contribution in [0.2, 0.25) is 0 Å². The monoisotopic (exact) mass is 201 g/mol. The summed E-state index contributed by atoms with van der Waals surface area (Å²) in [5, 5.41) is 14.0. The van der Waals surface area contributed by atoms with E-state index in [4.69, 9.17) is 9.47 Å². The fourth-order valence-corrected chi connectivity index (χ4v) is 0.981. The number of methoxy groups -OCH3 is 2. The standard InChI is InChI=1S/C7H15N5O2/c1-12-7(9-10-11-12)8-4-6(14-3)5-13-2/h6H,4-5H2,1-3H3,(H,8,9,11). The number of tetrazole rings is 1. The minimum Gasteiger partial charge on any atom is -0.382 e. The number of aromatic nitrogens is 4. The molecule has 0 amide bonds. The lowest BCUT2D eigenvalue weighted by molar-refractivity contribution is 0.0364. The number of aryl methyl sites for hydroxylation is 1. The molecule has 0 aliphatic carbocycles. The largest absolute Gasteiger partial charge is 0.382 e. The molecule has 7 nitrogen and oxygen atoms in total. The molecule has 1 aromatic rings. The highest BCUT2D eigenvalue weighted by Crippen LogP contribution is 1.97. The Balaban J connectivity index is 2.35. The summed E-state index contributed by atoms with van der Waals surface area (Å²) >= 11 is 0. The summed E-state index contributed by atoms with van der Waals surface area (Å²) in [6, 6.07) is 0. The summed E-state index contributed by atoms with van der Waals surface area (Å²) in [5.74, 6) is 0.614. The van der Waals surface area contributed by atoms with Gasteiger partial charge in [-0.25, -0.2) is 4.68 Å². The topological polar surface area (TPSA) is 74.1 Å². The van der Waals surface area contributed by atoms with Crippen LogP contribution in [0.5, 0.6) is 0 Å². The average Bonchev–Trinajstić information content (AvgIpc) is 2.59. The van der Waals surface area contributed by atoms with E-state index in [1.165, 1.54) is 0 Å². The predicted molar refractivity (Wildman–Crippen MR) is 50.0 cm³/mol. The molecule has 1 heterocycles. The number of hydrogen-bond donors (Lipinski definition) is 1. The lowest BCUT2D eigenvalue weighted by Gasteiger charge is -2.14. The summed E-state index contributed by atoms with van der Waals surface area (Å²) in [7, 11) is 5.04. The van der Waals surface area contributed by atoms with Crippen LogP contribution in [0, 0.1) is 0 Å². The van der Waals surface area contributed by atoms with E-state index in [0.717, 1.165) is 0 Å². The molecule has 0 spiro atoms. The van der Waals surface area contributed by atoms with Crippen molar-refractivity contribution in [3.8, 4) is 0 Å². The van der Waals surface area contributed by atoms with Gasteiger partial charge in [-0.05, 0) is 10.4 Å². The van der Waals surface area contributed by atoms with Crippen LogP contribution in [0.15, 0.2) is 0 Å². The molecule has 0 saturated heterocycles. The molecular weight excluding hydrogens is 186 g/mol. The fraction of sp³-hybridized carbons (Fsp3) is 0.857. The van der Waals surface area contributed by atoms with Crippen molar-refractivity contribution in [2.75, 3.05) is 32.7 Å². The van der Waals surface area contributed by atoms with E-state index < -0.39 is 0 Å². The van der Waals surface area contributed by atoms with Crippen molar-refractivity contribution < 1.29 is 9.47 Å². The maximum absolute atomic E-state index is 5.16. The molecule has 0 saturated carbocycles. The maximum Gasteiger partial charge on any atom is 0.242 e. The normalized spacial score (nSPS) is 12.8. The van der Waals surface area contributed by atoms with Gasteiger partial charge in [0.1, 0.15) is 0 Å². The molecule has 0 fully saturated rings. The summed E-state index contributed by atoms with van der Waals surface area (Å²) in [6.07, 6.45) is -0.00306. The van der Waals surface area contributed by atoms with Crippen molar-refractivity contribution in [2.45, 2.75) is 6.10 Å². The predicted octanol–water partition coefficient (Wildman–Crippen LogP) is -0.717. The van der Waals surface area contributed by atoms with Gasteiger partial charge < -0.3 is 14.8 Å². The molecule has 1 unspecified atom stereocenters. The Hall–Kier alpha value is -1.21. The first kappa shape index (κ1) is 10.9. The van der Waals surface area contributed by atoms with Gasteiger partial charge in [0.2, 0.25) is 5.95 Å². The van der Waals surface area contributed by atoms with Crippen molar-refractivity contribution >= 4 is 5.95 Å². The molecular formula is C7H15N5O2. The van der Waals surface area contributed by atoms with Crippen LogP contribution < -0.4 is 5.32 Å². The van der Waals surface area contributed by atoms with Crippen LogP contribution in [0.1, 0.15) is 0 Å². The van der Waals surface area contributed by atoms with Gasteiger partial charge in [-0.15, -0.1) is 0 Å². The van der Waals surface area contributed by atoms with Gasteiger partial charge in [-0.2, -0.15) is 0 Å². The number of nitrogens with zero attached hydrogens (tertiary/aromatic N) is 4. The highest BCUT2D eigenvalue weighted by molar-refractivity contribution is 5.20. The molecule has 7 heteroatoms. The Morgan fingerprint density at radius 1 is 1.50 bits per heavy atom. The molecule has 1 N–H and O–H groups in total. The first-order valence-electron chi connectivity index (χ1n) is 4.26. The van der Waals surface area contributed by atoms with Gasteiger partial charge in [-0.3, -0.25) is 0 Å². The first-order valence-corrected chi connectivity index (χ1v) is 4.26. The van der Waals surface area contributed by atoms with Gasteiger partial charge in [0.25, 0.3) is 0 Å². The Morgan fingerprint density at radius 2 is 2.29 bits per heavy atom. The van der Waals surface area contributed by atoms with E-state index in [0.29, 0.717) is 19.1 Å². The van der Waals surface area contributed by atoms with Crippen LogP contribution >= 0.6 is 0 Å². The number of ether oxygens (including phenoxy) is 2. The third-order valence-electron chi connectivity index (χ3n) is 1.79. The summed E-state index contributed by atoms with van der Waals surface area (Å²) in [5.41, 5.74) is 0. The molecule has 14 heavy (non-hydrogen) atoms. The Kier molecular flexibility index (Phi) is 4.27. The van der Waals surface area contributed by atoms with Crippen LogP contribution in [0.25, 0.3) is 0 Å². The summed E-state index contributed by atoms with van der Waals surface area (Å²) in [6.45, 7) is 1.15. The van der Waals surface area contributed by atoms with Crippen molar-refractivity contribution in [1.29, 1.82) is 0 Å². The summed E-state index contributed by atoms with van der Waals surface area (Å²) < 4.78 is 11.7. The molecule has 1 rings (SSSR count). The maximum atomic E-state index is 5.16. The van der Waals surface area contributed by atoms with Crippen LogP contribution in [0.4, 0.5) is 5.95 Å². The third-order valence-corrected chi connectivity index (χ3v) is 1.79. The third kappa shape index (κ3) is 2.93. The Labute approximate surface area is 82.4 Å². The van der Waals surface area contributed by atoms with Gasteiger partial charge in [0.05, 0.1) is 12.7 Å². The second kappa shape index (κ2) is 5.51. The van der Waals surface area contributed by atoms with E-state index in [2.05, 4.69) is 20.8 Å².